The summed E-state index contributed by atoms with van der Waals surface area (Å²) in [5, 5.41) is 3.24. The minimum atomic E-state index is 0.0328. The number of aryl methyl sites for hydroxylation is 2. The molecular formula is C17H19N3O. The van der Waals surface area contributed by atoms with Crippen LogP contribution in [0, 0.1) is 0 Å². The minimum Gasteiger partial charge on any atom is -0.351 e. The average Bonchev–Trinajstić information content (AvgIpc) is 3.13. The second-order valence-electron chi connectivity index (χ2n) is 6.03. The van der Waals surface area contributed by atoms with Gasteiger partial charge in [0.15, 0.2) is 0 Å². The summed E-state index contributed by atoms with van der Waals surface area (Å²) in [6, 6.07) is 8.55. The van der Waals surface area contributed by atoms with Crippen LogP contribution >= 0.6 is 0 Å². The maximum Gasteiger partial charge on any atom is 0.227 e. The number of amides is 1. The number of hydrogen-bond donors (Lipinski definition) is 1. The molecule has 1 aliphatic heterocycles. The molecule has 1 aliphatic carbocycles. The molecule has 21 heavy (non-hydrogen) atoms. The Hall–Kier alpha value is -2.10. The Labute approximate surface area is 124 Å². The van der Waals surface area contributed by atoms with Crippen molar-refractivity contribution in [2.75, 3.05) is 0 Å². The molecule has 2 heterocycles. The number of nitrogens with one attached hydrogen (secondary N) is 1. The number of rotatable bonds is 2. The Morgan fingerprint density at radius 1 is 1.24 bits per heavy atom. The van der Waals surface area contributed by atoms with E-state index in [1.165, 1.54) is 11.1 Å². The van der Waals surface area contributed by atoms with Crippen LogP contribution in [0.4, 0.5) is 0 Å². The van der Waals surface area contributed by atoms with Crippen LogP contribution in [0.25, 0.3) is 0 Å². The fraction of sp³-hybridized carbons (Fsp3) is 0.412. The normalized spacial score (nSPS) is 23.4. The topological polar surface area (TPSA) is 46.9 Å². The third kappa shape index (κ3) is 2.24. The molecule has 1 aromatic carbocycles. The number of nitrogens with zero attached hydrogens (tertiary/aromatic N) is 2. The molecule has 108 valence electrons. The highest BCUT2D eigenvalue weighted by Crippen LogP contribution is 2.33. The molecule has 2 aromatic rings. The maximum absolute atomic E-state index is 12.6. The van der Waals surface area contributed by atoms with Crippen LogP contribution in [0.5, 0.6) is 0 Å². The van der Waals surface area contributed by atoms with Crippen molar-refractivity contribution in [1.29, 1.82) is 0 Å². The maximum atomic E-state index is 12.6. The summed E-state index contributed by atoms with van der Waals surface area (Å²) in [7, 11) is 0. The third-order valence-electron chi connectivity index (χ3n) is 4.73. The molecule has 0 saturated carbocycles. The molecule has 2 aliphatic rings. The number of hydrogen-bond acceptors (Lipinski definition) is 2. The van der Waals surface area contributed by atoms with Crippen molar-refractivity contribution in [3.8, 4) is 0 Å². The second kappa shape index (κ2) is 5.02. The molecule has 0 spiro atoms. The average molecular weight is 281 g/mol. The van der Waals surface area contributed by atoms with Crippen LogP contribution in [-0.4, -0.2) is 21.5 Å². The standard InChI is InChI=1S/C17H19N3O/c21-17(15-7-5-12-3-1-2-4-14(12)15)19-13-6-8-16-18-9-10-20(16)11-13/h1-4,9-10,13,15H,5-8,11H2,(H,19,21). The summed E-state index contributed by atoms with van der Waals surface area (Å²) in [6.45, 7) is 0.843. The molecule has 1 amide bonds. The van der Waals surface area contributed by atoms with Crippen molar-refractivity contribution in [3.63, 3.8) is 0 Å². The van der Waals surface area contributed by atoms with Gasteiger partial charge in [0.05, 0.1) is 5.92 Å². The minimum absolute atomic E-state index is 0.0328. The first-order chi connectivity index (χ1) is 10.3. The van der Waals surface area contributed by atoms with Gasteiger partial charge >= 0.3 is 0 Å². The van der Waals surface area contributed by atoms with Crippen molar-refractivity contribution in [2.24, 2.45) is 0 Å². The lowest BCUT2D eigenvalue weighted by atomic mass is 9.99. The molecule has 2 unspecified atom stereocenters. The highest BCUT2D eigenvalue weighted by atomic mass is 16.2. The highest BCUT2D eigenvalue weighted by Gasteiger charge is 2.30. The number of imidazole rings is 1. The summed E-state index contributed by atoms with van der Waals surface area (Å²) in [5.74, 6) is 1.35. The summed E-state index contributed by atoms with van der Waals surface area (Å²) >= 11 is 0. The van der Waals surface area contributed by atoms with E-state index in [4.69, 9.17) is 0 Å². The number of carbonyl (C=O) groups is 1. The molecule has 4 rings (SSSR count). The number of fused-ring (bicyclic) bond motifs is 2. The van der Waals surface area contributed by atoms with Crippen LogP contribution in [0.2, 0.25) is 0 Å². The number of benzene rings is 1. The molecule has 0 radical (unpaired) electrons. The van der Waals surface area contributed by atoms with Gasteiger partial charge < -0.3 is 9.88 Å². The van der Waals surface area contributed by atoms with Crippen molar-refractivity contribution in [3.05, 3.63) is 53.6 Å². The summed E-state index contributed by atoms with van der Waals surface area (Å²) in [5.41, 5.74) is 2.55. The van der Waals surface area contributed by atoms with Crippen LogP contribution < -0.4 is 5.32 Å². The first-order valence-corrected chi connectivity index (χ1v) is 7.69. The van der Waals surface area contributed by atoms with Crippen LogP contribution in [-0.2, 0) is 24.2 Å². The van der Waals surface area contributed by atoms with Gasteiger partial charge in [-0.15, -0.1) is 0 Å². The first-order valence-electron chi connectivity index (χ1n) is 7.69. The lowest BCUT2D eigenvalue weighted by Gasteiger charge is -2.26. The number of carbonyl (C=O) groups excluding carboxylic acids is 1. The van der Waals surface area contributed by atoms with Gasteiger partial charge in [0.2, 0.25) is 5.91 Å². The van der Waals surface area contributed by atoms with Crippen molar-refractivity contribution in [2.45, 2.75) is 44.2 Å². The highest BCUT2D eigenvalue weighted by molar-refractivity contribution is 5.85. The van der Waals surface area contributed by atoms with Gasteiger partial charge in [0.25, 0.3) is 0 Å². The molecule has 0 fully saturated rings. The Balaban J connectivity index is 1.46. The molecule has 4 heteroatoms. The zero-order valence-corrected chi connectivity index (χ0v) is 12.0. The van der Waals surface area contributed by atoms with Crippen molar-refractivity contribution in [1.82, 2.24) is 14.9 Å². The molecule has 0 bridgehead atoms. The zero-order valence-electron chi connectivity index (χ0n) is 12.0. The summed E-state index contributed by atoms with van der Waals surface area (Å²) in [4.78, 5) is 16.9. The van der Waals surface area contributed by atoms with Crippen LogP contribution in [0.1, 0.15) is 35.7 Å². The van der Waals surface area contributed by atoms with Crippen LogP contribution in [0.15, 0.2) is 36.7 Å². The molecule has 0 saturated heterocycles. The predicted octanol–water partition coefficient (Wildman–Crippen LogP) is 2.04. The smallest absolute Gasteiger partial charge is 0.227 e. The van der Waals surface area contributed by atoms with Crippen molar-refractivity contribution < 1.29 is 4.79 Å². The first kappa shape index (κ1) is 12.6. The van der Waals surface area contributed by atoms with E-state index in [9.17, 15) is 4.79 Å². The molecule has 1 aromatic heterocycles. The Bertz CT molecular complexity index is 676. The van der Waals surface area contributed by atoms with E-state index in [1.54, 1.807) is 0 Å². The van der Waals surface area contributed by atoms with Gasteiger partial charge in [-0.25, -0.2) is 4.98 Å². The number of aromatic nitrogens is 2. The van der Waals surface area contributed by atoms with Gasteiger partial charge in [0.1, 0.15) is 5.82 Å². The summed E-state index contributed by atoms with van der Waals surface area (Å²) < 4.78 is 2.15. The lowest BCUT2D eigenvalue weighted by molar-refractivity contribution is -0.123. The zero-order chi connectivity index (χ0) is 14.2. The van der Waals surface area contributed by atoms with E-state index in [0.29, 0.717) is 0 Å². The van der Waals surface area contributed by atoms with Gasteiger partial charge in [0, 0.05) is 31.4 Å². The quantitative estimate of drug-likeness (QED) is 0.915. The SMILES string of the molecule is O=C(NC1CCc2nccn2C1)C1CCc2ccccc21. The Morgan fingerprint density at radius 2 is 2.14 bits per heavy atom. The van der Waals surface area contributed by atoms with Crippen molar-refractivity contribution >= 4 is 5.91 Å². The fourth-order valence-electron chi connectivity index (χ4n) is 3.62. The fourth-order valence-corrected chi connectivity index (χ4v) is 3.62. The Morgan fingerprint density at radius 3 is 3.10 bits per heavy atom. The van der Waals surface area contributed by atoms with E-state index in [-0.39, 0.29) is 17.9 Å². The third-order valence-corrected chi connectivity index (χ3v) is 4.73. The monoisotopic (exact) mass is 281 g/mol. The largest absolute Gasteiger partial charge is 0.351 e. The molecule has 4 nitrogen and oxygen atoms in total. The van der Waals surface area contributed by atoms with E-state index in [0.717, 1.165) is 38.1 Å². The van der Waals surface area contributed by atoms with Gasteiger partial charge in [-0.1, -0.05) is 24.3 Å². The van der Waals surface area contributed by atoms with E-state index >= 15 is 0 Å². The van der Waals surface area contributed by atoms with Gasteiger partial charge in [-0.05, 0) is 30.4 Å². The van der Waals surface area contributed by atoms with E-state index in [2.05, 4.69) is 33.1 Å². The van der Waals surface area contributed by atoms with Gasteiger partial charge in [-0.2, -0.15) is 0 Å². The van der Waals surface area contributed by atoms with E-state index < -0.39 is 0 Å². The van der Waals surface area contributed by atoms with Crippen LogP contribution in [0.3, 0.4) is 0 Å². The predicted molar refractivity (Wildman–Crippen MR) is 80.0 cm³/mol. The lowest BCUT2D eigenvalue weighted by Crippen LogP contribution is -2.42. The van der Waals surface area contributed by atoms with Gasteiger partial charge in [-0.3, -0.25) is 4.79 Å². The Kier molecular flexibility index (Phi) is 3.02. The molecule has 1 N–H and O–H groups in total. The van der Waals surface area contributed by atoms with E-state index in [1.807, 2.05) is 18.5 Å². The molecule has 2 atom stereocenters. The summed E-state index contributed by atoms with van der Waals surface area (Å²) in [6.07, 6.45) is 7.72. The molecular weight excluding hydrogens is 262 g/mol. The second-order valence-corrected chi connectivity index (χ2v) is 6.03.